The van der Waals surface area contributed by atoms with E-state index < -0.39 is 54.8 Å². The summed E-state index contributed by atoms with van der Waals surface area (Å²) in [6, 6.07) is -4.03. The van der Waals surface area contributed by atoms with Crippen molar-refractivity contribution < 1.29 is 29.4 Å². The first kappa shape index (κ1) is 20.1. The third-order valence-corrected chi connectivity index (χ3v) is 3.17. The molecule has 0 radical (unpaired) electrons. The monoisotopic (exact) mass is 356 g/mol. The van der Waals surface area contributed by atoms with E-state index in [4.69, 9.17) is 16.6 Å². The molecule has 0 aromatic carbocycles. The summed E-state index contributed by atoms with van der Waals surface area (Å²) in [5, 5.41) is 22.4. The number of carboxylic acid groups (broad SMARTS) is 1. The molecule has 25 heavy (non-hydrogen) atoms. The third-order valence-electron chi connectivity index (χ3n) is 3.17. The number of nitrogens with one attached hydrogen (secondary N) is 3. The molecule has 1 aromatic rings. The minimum absolute atomic E-state index is 0.116. The van der Waals surface area contributed by atoms with E-state index in [1.807, 2.05) is 5.32 Å². The quantitative estimate of drug-likeness (QED) is 0.220. The number of carboxylic acids is 1. The Hall–Kier alpha value is -2.99. The average Bonchev–Trinajstić information content (AvgIpc) is 3.03. The lowest BCUT2D eigenvalue weighted by Crippen LogP contribution is -2.56. The number of carbonyl (C=O) groups excluding carboxylic acids is 3. The van der Waals surface area contributed by atoms with E-state index in [9.17, 15) is 24.3 Å². The predicted octanol–water partition coefficient (Wildman–Crippen LogP) is -3.80. The van der Waals surface area contributed by atoms with Gasteiger partial charge in [-0.1, -0.05) is 0 Å². The fourth-order valence-corrected chi connectivity index (χ4v) is 1.87. The van der Waals surface area contributed by atoms with Gasteiger partial charge in [-0.05, 0) is 0 Å². The smallest absolute Gasteiger partial charge is 0.326 e. The van der Waals surface area contributed by atoms with Gasteiger partial charge in [0.15, 0.2) is 0 Å². The average molecular weight is 356 g/mol. The van der Waals surface area contributed by atoms with Gasteiger partial charge in [-0.2, -0.15) is 0 Å². The number of amides is 3. The summed E-state index contributed by atoms with van der Waals surface area (Å²) in [5.41, 5.74) is 11.2. The number of H-pyrrole nitrogens is 1. The molecular formula is C13H20N6O6. The molecule has 0 aliphatic heterocycles. The van der Waals surface area contributed by atoms with Crippen LogP contribution in [0.5, 0.6) is 0 Å². The van der Waals surface area contributed by atoms with Crippen molar-refractivity contribution in [3.8, 4) is 0 Å². The van der Waals surface area contributed by atoms with Crippen LogP contribution < -0.4 is 22.1 Å². The van der Waals surface area contributed by atoms with Gasteiger partial charge in [-0.25, -0.2) is 9.78 Å². The number of aliphatic hydroxyl groups is 1. The molecule has 0 fully saturated rings. The number of aromatic nitrogens is 2. The van der Waals surface area contributed by atoms with Gasteiger partial charge >= 0.3 is 5.97 Å². The maximum Gasteiger partial charge on any atom is 0.326 e. The van der Waals surface area contributed by atoms with Crippen LogP contribution in [-0.2, 0) is 25.6 Å². The molecule has 0 spiro atoms. The highest BCUT2D eigenvalue weighted by molar-refractivity contribution is 5.93. The number of aromatic amines is 1. The number of hydrogen-bond donors (Lipinski definition) is 7. The summed E-state index contributed by atoms with van der Waals surface area (Å²) in [5.74, 6) is -4.13. The van der Waals surface area contributed by atoms with Gasteiger partial charge in [0.05, 0.1) is 25.4 Å². The van der Waals surface area contributed by atoms with Gasteiger partial charge < -0.3 is 37.3 Å². The molecule has 0 aliphatic carbocycles. The number of aliphatic carboxylic acids is 1. The Kier molecular flexibility index (Phi) is 7.49. The van der Waals surface area contributed by atoms with Crippen molar-refractivity contribution in [3.63, 3.8) is 0 Å². The van der Waals surface area contributed by atoms with Crippen molar-refractivity contribution in [1.29, 1.82) is 0 Å². The number of hydrogen-bond acceptors (Lipinski definition) is 7. The highest BCUT2D eigenvalue weighted by Gasteiger charge is 2.28. The first-order chi connectivity index (χ1) is 11.7. The van der Waals surface area contributed by atoms with Crippen molar-refractivity contribution >= 4 is 23.7 Å². The number of nitrogens with two attached hydrogens (primary N) is 2. The summed E-state index contributed by atoms with van der Waals surface area (Å²) >= 11 is 0. The van der Waals surface area contributed by atoms with Crippen LogP contribution >= 0.6 is 0 Å². The highest BCUT2D eigenvalue weighted by Crippen LogP contribution is 1.98. The van der Waals surface area contributed by atoms with Gasteiger partial charge in [-0.15, -0.1) is 0 Å². The SMILES string of the molecule is NC(=O)CC(NC(=O)C(CO)NC(=O)C(N)Cc1cnc[nH]1)C(=O)O. The molecular weight excluding hydrogens is 336 g/mol. The lowest BCUT2D eigenvalue weighted by atomic mass is 10.1. The molecule has 3 unspecified atom stereocenters. The Morgan fingerprint density at radius 3 is 2.32 bits per heavy atom. The van der Waals surface area contributed by atoms with Crippen molar-refractivity contribution in [1.82, 2.24) is 20.6 Å². The zero-order valence-corrected chi connectivity index (χ0v) is 13.1. The molecule has 1 aromatic heterocycles. The molecule has 0 aliphatic rings. The zero-order chi connectivity index (χ0) is 19.0. The van der Waals surface area contributed by atoms with Crippen LogP contribution in [-0.4, -0.2) is 68.6 Å². The van der Waals surface area contributed by atoms with E-state index in [0.717, 1.165) is 0 Å². The van der Waals surface area contributed by atoms with E-state index in [-0.39, 0.29) is 6.42 Å². The van der Waals surface area contributed by atoms with Crippen LogP contribution in [0.2, 0.25) is 0 Å². The van der Waals surface area contributed by atoms with Crippen LogP contribution in [0.4, 0.5) is 0 Å². The standard InChI is InChI=1S/C13H20N6O6/c14-7(1-6-3-16-5-17-6)11(22)19-9(4-20)12(23)18-8(13(24)25)2-10(15)21/h3,5,7-9,20H,1-2,4,14H2,(H2,15,21)(H,16,17)(H,18,23)(H,19,22)(H,24,25). The van der Waals surface area contributed by atoms with Crippen molar-refractivity contribution in [2.45, 2.75) is 31.0 Å². The first-order valence-corrected chi connectivity index (χ1v) is 7.20. The summed E-state index contributed by atoms with van der Waals surface area (Å²) in [7, 11) is 0. The molecule has 3 amide bonds. The van der Waals surface area contributed by atoms with E-state index in [1.165, 1.54) is 12.5 Å². The Morgan fingerprint density at radius 2 is 1.84 bits per heavy atom. The van der Waals surface area contributed by atoms with E-state index in [1.54, 1.807) is 0 Å². The summed E-state index contributed by atoms with van der Waals surface area (Å²) < 4.78 is 0. The van der Waals surface area contributed by atoms with Crippen LogP contribution in [0.25, 0.3) is 0 Å². The second kappa shape index (κ2) is 9.34. The Balaban J connectivity index is 2.63. The number of rotatable bonds is 10. The largest absolute Gasteiger partial charge is 0.480 e. The molecule has 138 valence electrons. The molecule has 1 rings (SSSR count). The van der Waals surface area contributed by atoms with E-state index in [0.29, 0.717) is 5.69 Å². The molecule has 3 atom stereocenters. The summed E-state index contributed by atoms with van der Waals surface area (Å²) in [6.07, 6.45) is 2.37. The lowest BCUT2D eigenvalue weighted by Gasteiger charge is -2.21. The summed E-state index contributed by atoms with van der Waals surface area (Å²) in [6.45, 7) is -0.794. The van der Waals surface area contributed by atoms with Crippen LogP contribution in [0, 0.1) is 0 Å². The molecule has 12 nitrogen and oxygen atoms in total. The zero-order valence-electron chi connectivity index (χ0n) is 13.1. The molecule has 0 saturated heterocycles. The number of aliphatic hydroxyl groups excluding tert-OH is 1. The molecule has 9 N–H and O–H groups in total. The Morgan fingerprint density at radius 1 is 1.20 bits per heavy atom. The van der Waals surface area contributed by atoms with Gasteiger partial charge in [-0.3, -0.25) is 14.4 Å². The number of imidazole rings is 1. The number of carbonyl (C=O) groups is 4. The maximum atomic E-state index is 12.0. The Bertz CT molecular complexity index is 619. The number of nitrogens with zero attached hydrogens (tertiary/aromatic N) is 1. The van der Waals surface area contributed by atoms with E-state index >= 15 is 0 Å². The third kappa shape index (κ3) is 6.56. The van der Waals surface area contributed by atoms with E-state index in [2.05, 4.69) is 15.3 Å². The second-order valence-corrected chi connectivity index (χ2v) is 5.20. The lowest BCUT2D eigenvalue weighted by molar-refractivity contribution is -0.144. The van der Waals surface area contributed by atoms with Crippen molar-refractivity contribution in [2.24, 2.45) is 11.5 Å². The molecule has 12 heteroatoms. The number of primary amides is 1. The van der Waals surface area contributed by atoms with Crippen LogP contribution in [0.1, 0.15) is 12.1 Å². The molecule has 0 saturated carbocycles. The van der Waals surface area contributed by atoms with Crippen molar-refractivity contribution in [3.05, 3.63) is 18.2 Å². The van der Waals surface area contributed by atoms with Crippen LogP contribution in [0.3, 0.4) is 0 Å². The fourth-order valence-electron chi connectivity index (χ4n) is 1.87. The first-order valence-electron chi connectivity index (χ1n) is 7.20. The molecule has 1 heterocycles. The minimum Gasteiger partial charge on any atom is -0.480 e. The summed E-state index contributed by atoms with van der Waals surface area (Å²) in [4.78, 5) is 52.3. The maximum absolute atomic E-state index is 12.0. The Labute approximate surface area is 142 Å². The van der Waals surface area contributed by atoms with Gasteiger partial charge in [0.25, 0.3) is 0 Å². The van der Waals surface area contributed by atoms with Gasteiger partial charge in [0.1, 0.15) is 12.1 Å². The van der Waals surface area contributed by atoms with Gasteiger partial charge in [0.2, 0.25) is 17.7 Å². The topological polar surface area (TPSA) is 214 Å². The van der Waals surface area contributed by atoms with Crippen molar-refractivity contribution in [2.75, 3.05) is 6.61 Å². The minimum atomic E-state index is -1.57. The highest BCUT2D eigenvalue weighted by atomic mass is 16.4. The van der Waals surface area contributed by atoms with Gasteiger partial charge in [0, 0.05) is 18.3 Å². The fraction of sp³-hybridized carbons (Fsp3) is 0.462. The van der Waals surface area contributed by atoms with Crippen LogP contribution in [0.15, 0.2) is 12.5 Å². The molecule has 0 bridgehead atoms. The normalized spacial score (nSPS) is 14.2. The second-order valence-electron chi connectivity index (χ2n) is 5.20. The predicted molar refractivity (Wildman–Crippen MR) is 82.7 cm³/mol.